The highest BCUT2D eigenvalue weighted by Gasteiger charge is 2.14. The summed E-state index contributed by atoms with van der Waals surface area (Å²) in [6, 6.07) is 9.64. The Morgan fingerprint density at radius 2 is 1.80 bits per heavy atom. The minimum atomic E-state index is 0.396. The highest BCUT2D eigenvalue weighted by molar-refractivity contribution is 6.35. The van der Waals surface area contributed by atoms with Gasteiger partial charge in [0.05, 0.1) is 21.7 Å². The molecule has 5 heteroatoms. The van der Waals surface area contributed by atoms with Crippen LogP contribution in [0.15, 0.2) is 30.3 Å². The Morgan fingerprint density at radius 1 is 1.05 bits per heavy atom. The fraction of sp³-hybridized carbons (Fsp3) is 0.133. The third-order valence-corrected chi connectivity index (χ3v) is 4.01. The van der Waals surface area contributed by atoms with Crippen LogP contribution < -0.4 is 5.73 Å². The number of hydrogen-bond donors (Lipinski definition) is 1. The number of halogens is 2. The molecular formula is C15H13Cl2N3. The van der Waals surface area contributed by atoms with Gasteiger partial charge in [-0.3, -0.25) is 4.57 Å². The van der Waals surface area contributed by atoms with Crippen LogP contribution in [-0.2, 0) is 0 Å². The SMILES string of the molecule is Cc1ccc2c(c1)nc(N)n2-c1cc(Cl)c(C)cc1Cl. The van der Waals surface area contributed by atoms with Gasteiger partial charge in [0.2, 0.25) is 5.95 Å². The summed E-state index contributed by atoms with van der Waals surface area (Å²) in [4.78, 5) is 4.38. The first-order valence-corrected chi connectivity index (χ1v) is 6.93. The number of rotatable bonds is 1. The lowest BCUT2D eigenvalue weighted by Crippen LogP contribution is -2.01. The Hall–Kier alpha value is -1.71. The van der Waals surface area contributed by atoms with Gasteiger partial charge >= 0.3 is 0 Å². The number of fused-ring (bicyclic) bond motifs is 1. The second-order valence-corrected chi connectivity index (χ2v) is 5.66. The van der Waals surface area contributed by atoms with Crippen LogP contribution in [0.2, 0.25) is 10.0 Å². The van der Waals surface area contributed by atoms with Crippen LogP contribution >= 0.6 is 23.2 Å². The molecule has 0 saturated carbocycles. The second-order valence-electron chi connectivity index (χ2n) is 4.85. The van der Waals surface area contributed by atoms with Crippen molar-refractivity contribution < 1.29 is 0 Å². The number of aromatic nitrogens is 2. The molecule has 0 amide bonds. The molecule has 3 aromatic rings. The maximum atomic E-state index is 6.33. The Kier molecular flexibility index (Phi) is 3.11. The van der Waals surface area contributed by atoms with Crippen molar-refractivity contribution in [1.29, 1.82) is 0 Å². The van der Waals surface area contributed by atoms with Gasteiger partial charge in [0.15, 0.2) is 0 Å². The molecule has 3 rings (SSSR count). The van der Waals surface area contributed by atoms with Crippen LogP contribution in [0.1, 0.15) is 11.1 Å². The summed E-state index contributed by atoms with van der Waals surface area (Å²) in [5.74, 6) is 0.396. The smallest absolute Gasteiger partial charge is 0.205 e. The Balaban J connectivity index is 2.35. The third kappa shape index (κ3) is 2.03. The van der Waals surface area contributed by atoms with E-state index in [1.165, 1.54) is 0 Å². The molecule has 0 saturated heterocycles. The standard InChI is InChI=1S/C15H13Cl2N3/c1-8-3-4-13-12(5-8)19-15(18)20(13)14-7-10(16)9(2)6-11(14)17/h3-7H,1-2H3,(H2,18,19). The average Bonchev–Trinajstić information content (AvgIpc) is 2.69. The number of nitrogen functional groups attached to an aromatic ring is 1. The number of nitrogens with two attached hydrogens (primary N) is 1. The molecule has 0 aliphatic rings. The number of aryl methyl sites for hydroxylation is 2. The van der Waals surface area contributed by atoms with Crippen LogP contribution in [0.3, 0.4) is 0 Å². The summed E-state index contributed by atoms with van der Waals surface area (Å²) < 4.78 is 1.82. The predicted octanol–water partition coefficient (Wildman–Crippen LogP) is 4.53. The van der Waals surface area contributed by atoms with E-state index in [0.717, 1.165) is 27.8 Å². The molecule has 1 heterocycles. The first-order chi connectivity index (χ1) is 9.47. The van der Waals surface area contributed by atoms with E-state index in [2.05, 4.69) is 4.98 Å². The molecule has 0 aliphatic heterocycles. The van der Waals surface area contributed by atoms with Crippen molar-refractivity contribution in [1.82, 2.24) is 9.55 Å². The molecular weight excluding hydrogens is 293 g/mol. The van der Waals surface area contributed by atoms with E-state index in [0.29, 0.717) is 16.0 Å². The van der Waals surface area contributed by atoms with E-state index >= 15 is 0 Å². The van der Waals surface area contributed by atoms with Gasteiger partial charge in [-0.2, -0.15) is 0 Å². The maximum Gasteiger partial charge on any atom is 0.205 e. The van der Waals surface area contributed by atoms with Gasteiger partial charge in [0.1, 0.15) is 0 Å². The van der Waals surface area contributed by atoms with Crippen molar-refractivity contribution in [3.05, 3.63) is 51.5 Å². The largest absolute Gasteiger partial charge is 0.369 e. The fourth-order valence-corrected chi connectivity index (χ4v) is 2.73. The average molecular weight is 306 g/mol. The minimum Gasteiger partial charge on any atom is -0.369 e. The molecule has 2 N–H and O–H groups in total. The lowest BCUT2D eigenvalue weighted by Gasteiger charge is -2.11. The molecule has 0 fully saturated rings. The van der Waals surface area contributed by atoms with E-state index in [1.54, 1.807) is 0 Å². The van der Waals surface area contributed by atoms with Gasteiger partial charge in [0.25, 0.3) is 0 Å². The van der Waals surface area contributed by atoms with Crippen LogP contribution in [0.4, 0.5) is 5.95 Å². The second kappa shape index (κ2) is 4.69. The van der Waals surface area contributed by atoms with Crippen LogP contribution in [0.5, 0.6) is 0 Å². The zero-order chi connectivity index (χ0) is 14.4. The van der Waals surface area contributed by atoms with Crippen LogP contribution in [0, 0.1) is 13.8 Å². The van der Waals surface area contributed by atoms with Crippen LogP contribution in [0.25, 0.3) is 16.7 Å². The Morgan fingerprint density at radius 3 is 2.55 bits per heavy atom. The summed E-state index contributed by atoms with van der Waals surface area (Å²) in [5.41, 5.74) is 10.6. The molecule has 3 nitrogen and oxygen atoms in total. The normalized spacial score (nSPS) is 11.2. The molecule has 2 aromatic carbocycles. The zero-order valence-corrected chi connectivity index (χ0v) is 12.6. The van der Waals surface area contributed by atoms with Gasteiger partial charge in [0, 0.05) is 5.02 Å². The summed E-state index contributed by atoms with van der Waals surface area (Å²) in [5, 5.41) is 1.25. The van der Waals surface area contributed by atoms with Crippen molar-refractivity contribution >= 4 is 40.2 Å². The number of nitrogens with zero attached hydrogens (tertiary/aromatic N) is 2. The van der Waals surface area contributed by atoms with E-state index in [-0.39, 0.29) is 0 Å². The van der Waals surface area contributed by atoms with E-state index < -0.39 is 0 Å². The zero-order valence-electron chi connectivity index (χ0n) is 11.1. The van der Waals surface area contributed by atoms with Crippen molar-refractivity contribution in [2.24, 2.45) is 0 Å². The van der Waals surface area contributed by atoms with Crippen molar-refractivity contribution in [3.8, 4) is 5.69 Å². The molecule has 0 atom stereocenters. The van der Waals surface area contributed by atoms with E-state index in [4.69, 9.17) is 28.9 Å². The van der Waals surface area contributed by atoms with Gasteiger partial charge < -0.3 is 5.73 Å². The molecule has 0 radical (unpaired) electrons. The van der Waals surface area contributed by atoms with Gasteiger partial charge in [-0.1, -0.05) is 29.3 Å². The molecule has 1 aromatic heterocycles. The number of anilines is 1. The van der Waals surface area contributed by atoms with Crippen LogP contribution in [-0.4, -0.2) is 9.55 Å². The topological polar surface area (TPSA) is 43.8 Å². The van der Waals surface area contributed by atoms with Crippen molar-refractivity contribution in [2.75, 3.05) is 5.73 Å². The first-order valence-electron chi connectivity index (χ1n) is 6.18. The van der Waals surface area contributed by atoms with Crippen molar-refractivity contribution in [2.45, 2.75) is 13.8 Å². The fourth-order valence-electron chi connectivity index (χ4n) is 2.27. The number of hydrogen-bond acceptors (Lipinski definition) is 2. The van der Waals surface area contributed by atoms with Gasteiger partial charge in [-0.25, -0.2) is 4.98 Å². The molecule has 0 spiro atoms. The first kappa shape index (κ1) is 13.3. The van der Waals surface area contributed by atoms with Crippen molar-refractivity contribution in [3.63, 3.8) is 0 Å². The highest BCUT2D eigenvalue weighted by Crippen LogP contribution is 2.32. The quantitative estimate of drug-likeness (QED) is 0.717. The maximum absolute atomic E-state index is 6.33. The molecule has 20 heavy (non-hydrogen) atoms. The number of imidazole rings is 1. The number of benzene rings is 2. The summed E-state index contributed by atoms with van der Waals surface area (Å²) in [6.07, 6.45) is 0. The predicted molar refractivity (Wildman–Crippen MR) is 85.0 cm³/mol. The minimum absolute atomic E-state index is 0.396. The highest BCUT2D eigenvalue weighted by atomic mass is 35.5. The van der Waals surface area contributed by atoms with E-state index in [9.17, 15) is 0 Å². The van der Waals surface area contributed by atoms with Gasteiger partial charge in [-0.05, 0) is 49.2 Å². The molecule has 0 aliphatic carbocycles. The lowest BCUT2D eigenvalue weighted by molar-refractivity contribution is 1.11. The molecule has 0 unspecified atom stereocenters. The van der Waals surface area contributed by atoms with E-state index in [1.807, 2.05) is 48.7 Å². The molecule has 102 valence electrons. The monoisotopic (exact) mass is 305 g/mol. The molecule has 0 bridgehead atoms. The van der Waals surface area contributed by atoms with Gasteiger partial charge in [-0.15, -0.1) is 0 Å². The Labute approximate surface area is 126 Å². The Bertz CT molecular complexity index is 822. The summed E-state index contributed by atoms with van der Waals surface area (Å²) in [6.45, 7) is 3.93. The summed E-state index contributed by atoms with van der Waals surface area (Å²) in [7, 11) is 0. The lowest BCUT2D eigenvalue weighted by atomic mass is 10.2. The summed E-state index contributed by atoms with van der Waals surface area (Å²) >= 11 is 12.5. The third-order valence-electron chi connectivity index (χ3n) is 3.30.